The van der Waals surface area contributed by atoms with E-state index >= 15 is 0 Å². The van der Waals surface area contributed by atoms with Crippen molar-refractivity contribution in [3.8, 4) is 0 Å². The van der Waals surface area contributed by atoms with E-state index in [4.69, 9.17) is 0 Å². The summed E-state index contributed by atoms with van der Waals surface area (Å²) in [6.45, 7) is 0.531. The molecule has 1 heterocycles. The number of para-hydroxylation sites is 2. The third-order valence-electron chi connectivity index (χ3n) is 2.96. The Morgan fingerprint density at radius 1 is 1.19 bits per heavy atom. The molecule has 1 aromatic heterocycles. The number of nitrogens with one attached hydrogen (secondary N) is 2. The maximum atomic E-state index is 12.6. The molecule has 2 rings (SSSR count). The average Bonchev–Trinajstić information content (AvgIpc) is 2.88. The van der Waals surface area contributed by atoms with E-state index in [-0.39, 0.29) is 0 Å². The first-order valence-corrected chi connectivity index (χ1v) is 8.82. The summed E-state index contributed by atoms with van der Waals surface area (Å²) in [5, 5.41) is 4.78. The fraction of sp³-hybridized carbons (Fsp3) is 0.286. The first kappa shape index (κ1) is 15.8. The van der Waals surface area contributed by atoms with Gasteiger partial charge in [0.15, 0.2) is 0 Å². The van der Waals surface area contributed by atoms with Crippen LogP contribution < -0.4 is 14.9 Å². The Hall–Kier alpha value is -1.57. The van der Waals surface area contributed by atoms with Gasteiger partial charge in [0, 0.05) is 25.5 Å². The topological polar surface area (TPSA) is 61.4 Å². The van der Waals surface area contributed by atoms with Gasteiger partial charge in [-0.15, -0.1) is 11.3 Å². The third-order valence-corrected chi connectivity index (χ3v) is 5.46. The second kappa shape index (κ2) is 6.46. The molecule has 2 N–H and O–H groups in total. The highest BCUT2D eigenvalue weighted by Gasteiger charge is 2.20. The van der Waals surface area contributed by atoms with Crippen molar-refractivity contribution in [2.24, 2.45) is 0 Å². The number of rotatable bonds is 6. The molecule has 0 aliphatic heterocycles. The maximum absolute atomic E-state index is 12.6. The zero-order valence-corrected chi connectivity index (χ0v) is 13.9. The molecule has 0 unspecified atom stereocenters. The molecular weight excluding hydrogens is 306 g/mol. The van der Waals surface area contributed by atoms with Crippen LogP contribution in [0, 0.1) is 0 Å². The van der Waals surface area contributed by atoms with Gasteiger partial charge in [-0.1, -0.05) is 12.1 Å². The molecule has 1 aromatic carbocycles. The molecule has 0 aliphatic rings. The Labute approximate surface area is 129 Å². The second-order valence-electron chi connectivity index (χ2n) is 4.76. The molecule has 0 bridgehead atoms. The lowest BCUT2D eigenvalue weighted by molar-refractivity contribution is 0.600. The van der Waals surface area contributed by atoms with Gasteiger partial charge in [0.2, 0.25) is 0 Å². The lowest BCUT2D eigenvalue weighted by Gasteiger charge is -2.18. The van der Waals surface area contributed by atoms with E-state index in [0.717, 1.165) is 10.6 Å². The van der Waals surface area contributed by atoms with Crippen molar-refractivity contribution >= 4 is 32.7 Å². The molecule has 0 saturated carbocycles. The lowest BCUT2D eigenvalue weighted by atomic mass is 10.2. The second-order valence-corrected chi connectivity index (χ2v) is 7.41. The number of hydrogen-bond donors (Lipinski definition) is 2. The van der Waals surface area contributed by atoms with E-state index in [1.165, 1.54) is 11.3 Å². The summed E-state index contributed by atoms with van der Waals surface area (Å²) in [7, 11) is 1.97. The van der Waals surface area contributed by atoms with Crippen molar-refractivity contribution in [1.29, 1.82) is 0 Å². The molecule has 0 saturated heterocycles. The number of sulfonamides is 1. The average molecular weight is 325 g/mol. The van der Waals surface area contributed by atoms with Crippen molar-refractivity contribution in [2.45, 2.75) is 11.4 Å². The summed E-state index contributed by atoms with van der Waals surface area (Å²) < 4.78 is 27.8. The van der Waals surface area contributed by atoms with E-state index in [1.807, 2.05) is 37.2 Å². The van der Waals surface area contributed by atoms with Crippen molar-refractivity contribution in [1.82, 2.24) is 5.32 Å². The smallest absolute Gasteiger partial charge is 0.263 e. The van der Waals surface area contributed by atoms with Gasteiger partial charge in [-0.3, -0.25) is 4.72 Å². The molecule has 5 nitrogen and oxygen atoms in total. The van der Waals surface area contributed by atoms with Crippen molar-refractivity contribution < 1.29 is 8.42 Å². The molecule has 0 atom stereocenters. The largest absolute Gasteiger partial charge is 0.376 e. The molecule has 21 heavy (non-hydrogen) atoms. The standard InChI is InChI=1S/C14H19N3O2S2/c1-15-10-13-14(8-9-20-13)21(18,19)16-11-6-4-5-7-12(11)17(2)3/h4-9,15-16H,10H2,1-3H3. The normalized spacial score (nSPS) is 11.4. The number of benzene rings is 1. The SMILES string of the molecule is CNCc1sccc1S(=O)(=O)Nc1ccccc1N(C)C. The Morgan fingerprint density at radius 2 is 1.90 bits per heavy atom. The van der Waals surface area contributed by atoms with Gasteiger partial charge >= 0.3 is 0 Å². The summed E-state index contributed by atoms with van der Waals surface area (Å²) >= 11 is 1.43. The maximum Gasteiger partial charge on any atom is 0.263 e. The molecule has 0 fully saturated rings. The molecule has 0 radical (unpaired) electrons. The minimum atomic E-state index is -3.59. The van der Waals surface area contributed by atoms with Crippen LogP contribution in [0.2, 0.25) is 0 Å². The molecule has 2 aromatic rings. The Bertz CT molecular complexity index is 709. The molecule has 0 spiro atoms. The van der Waals surface area contributed by atoms with Crippen LogP contribution in [0.1, 0.15) is 4.88 Å². The zero-order chi connectivity index (χ0) is 15.5. The minimum absolute atomic E-state index is 0.329. The van der Waals surface area contributed by atoms with Crippen LogP contribution >= 0.6 is 11.3 Å². The van der Waals surface area contributed by atoms with E-state index in [0.29, 0.717) is 17.1 Å². The number of hydrogen-bond acceptors (Lipinski definition) is 5. The Balaban J connectivity index is 2.36. The van der Waals surface area contributed by atoms with E-state index in [1.54, 1.807) is 24.6 Å². The van der Waals surface area contributed by atoms with Gasteiger partial charge in [0.25, 0.3) is 10.0 Å². The third kappa shape index (κ3) is 3.55. The van der Waals surface area contributed by atoms with Crippen LogP contribution in [0.5, 0.6) is 0 Å². The highest BCUT2D eigenvalue weighted by molar-refractivity contribution is 7.93. The highest BCUT2D eigenvalue weighted by Crippen LogP contribution is 2.28. The summed E-state index contributed by atoms with van der Waals surface area (Å²) in [6, 6.07) is 8.96. The monoisotopic (exact) mass is 325 g/mol. The molecule has 114 valence electrons. The number of nitrogens with zero attached hydrogens (tertiary/aromatic N) is 1. The zero-order valence-electron chi connectivity index (χ0n) is 12.3. The molecule has 0 amide bonds. The van der Waals surface area contributed by atoms with Crippen molar-refractivity contribution in [3.05, 3.63) is 40.6 Å². The summed E-state index contributed by atoms with van der Waals surface area (Å²) in [5.41, 5.74) is 1.40. The predicted molar refractivity (Wildman–Crippen MR) is 88.7 cm³/mol. The predicted octanol–water partition coefficient (Wildman–Crippen LogP) is 2.33. The van der Waals surface area contributed by atoms with Gasteiger partial charge in [-0.25, -0.2) is 8.42 Å². The highest BCUT2D eigenvalue weighted by atomic mass is 32.2. The van der Waals surface area contributed by atoms with Crippen LogP contribution in [0.3, 0.4) is 0 Å². The first-order chi connectivity index (χ1) is 9.95. The lowest BCUT2D eigenvalue weighted by Crippen LogP contribution is -2.18. The Morgan fingerprint density at radius 3 is 2.57 bits per heavy atom. The van der Waals surface area contributed by atoms with Gasteiger partial charge in [-0.2, -0.15) is 0 Å². The van der Waals surface area contributed by atoms with Crippen molar-refractivity contribution in [3.63, 3.8) is 0 Å². The van der Waals surface area contributed by atoms with Crippen LogP contribution in [-0.2, 0) is 16.6 Å². The minimum Gasteiger partial charge on any atom is -0.376 e. The molecule has 0 aliphatic carbocycles. The van der Waals surface area contributed by atoms with Crippen molar-refractivity contribution in [2.75, 3.05) is 30.8 Å². The Kier molecular flexibility index (Phi) is 4.87. The van der Waals surface area contributed by atoms with Gasteiger partial charge in [-0.05, 0) is 30.6 Å². The fourth-order valence-corrected chi connectivity index (χ4v) is 4.54. The van der Waals surface area contributed by atoms with Gasteiger partial charge in [0.05, 0.1) is 11.4 Å². The summed E-state index contributed by atoms with van der Waals surface area (Å²) in [5.74, 6) is 0. The molecule has 7 heteroatoms. The van der Waals surface area contributed by atoms with Gasteiger partial charge in [0.1, 0.15) is 4.90 Å². The van der Waals surface area contributed by atoms with Crippen LogP contribution in [0.15, 0.2) is 40.6 Å². The quantitative estimate of drug-likeness (QED) is 0.856. The van der Waals surface area contributed by atoms with Gasteiger partial charge < -0.3 is 10.2 Å². The summed E-state index contributed by atoms with van der Waals surface area (Å²) in [6.07, 6.45) is 0. The van der Waals surface area contributed by atoms with E-state index in [9.17, 15) is 8.42 Å². The van der Waals surface area contributed by atoms with Crippen LogP contribution in [0.25, 0.3) is 0 Å². The molecular formula is C14H19N3O2S2. The number of thiophene rings is 1. The first-order valence-electron chi connectivity index (χ1n) is 6.46. The van der Waals surface area contributed by atoms with Crippen LogP contribution in [0.4, 0.5) is 11.4 Å². The number of anilines is 2. The fourth-order valence-electron chi connectivity index (χ4n) is 2.01. The van der Waals surface area contributed by atoms with E-state index < -0.39 is 10.0 Å². The van der Waals surface area contributed by atoms with Crippen LogP contribution in [-0.4, -0.2) is 29.6 Å². The van der Waals surface area contributed by atoms with E-state index in [2.05, 4.69) is 10.0 Å². The summed E-state index contributed by atoms with van der Waals surface area (Å²) in [4.78, 5) is 3.00.